The summed E-state index contributed by atoms with van der Waals surface area (Å²) in [5.41, 5.74) is 2.47. The zero-order valence-electron chi connectivity index (χ0n) is 16.0. The van der Waals surface area contributed by atoms with Gasteiger partial charge in [0, 0.05) is 28.1 Å². The van der Waals surface area contributed by atoms with Gasteiger partial charge in [-0.25, -0.2) is 0 Å². The zero-order chi connectivity index (χ0) is 19.1. The van der Waals surface area contributed by atoms with Gasteiger partial charge in [0.1, 0.15) is 11.2 Å². The van der Waals surface area contributed by atoms with E-state index in [2.05, 4.69) is 43.3 Å². The minimum absolute atomic E-state index is 0.205. The lowest BCUT2D eigenvalue weighted by Gasteiger charge is -2.07. The quantitative estimate of drug-likeness (QED) is 0.236. The molecule has 0 aliphatic rings. The molecule has 28 heavy (non-hydrogen) atoms. The van der Waals surface area contributed by atoms with Crippen LogP contribution in [0.4, 0.5) is 0 Å². The molecule has 2 heteroatoms. The average molecular weight is 366 g/mol. The van der Waals surface area contributed by atoms with Crippen LogP contribution in [0.2, 0.25) is 0 Å². The van der Waals surface area contributed by atoms with Crippen molar-refractivity contribution in [3.05, 3.63) is 72.3 Å². The molecule has 0 radical (unpaired) electrons. The first-order valence-electron chi connectivity index (χ1n) is 10.1. The van der Waals surface area contributed by atoms with Gasteiger partial charge in [-0.2, -0.15) is 0 Å². The summed E-state index contributed by atoms with van der Waals surface area (Å²) in [6, 6.07) is 22.7. The molecule has 0 aliphatic heterocycles. The van der Waals surface area contributed by atoms with E-state index in [9.17, 15) is 4.79 Å². The number of Topliss-reactive ketones (excluding diaryl/α,β-unsaturated/α-hetero) is 1. The highest BCUT2D eigenvalue weighted by Crippen LogP contribution is 2.39. The molecule has 1 heterocycles. The van der Waals surface area contributed by atoms with Crippen LogP contribution in [-0.2, 0) is 0 Å². The molecule has 0 saturated heterocycles. The van der Waals surface area contributed by atoms with E-state index in [1.807, 2.05) is 30.3 Å². The summed E-state index contributed by atoms with van der Waals surface area (Å²) in [4.78, 5) is 13.0. The maximum Gasteiger partial charge on any atom is 0.163 e. The topological polar surface area (TPSA) is 30.2 Å². The fraction of sp³-hybridized carbons (Fsp3) is 0.192. The van der Waals surface area contributed by atoms with Gasteiger partial charge in [-0.05, 0) is 34.7 Å². The summed E-state index contributed by atoms with van der Waals surface area (Å²) in [5, 5.41) is 6.59. The van der Waals surface area contributed by atoms with E-state index in [0.29, 0.717) is 6.42 Å². The number of hydrogen-bond donors (Lipinski definition) is 0. The van der Waals surface area contributed by atoms with Crippen LogP contribution >= 0.6 is 0 Å². The Morgan fingerprint density at radius 1 is 0.821 bits per heavy atom. The van der Waals surface area contributed by atoms with E-state index in [0.717, 1.165) is 68.3 Å². The highest BCUT2D eigenvalue weighted by atomic mass is 16.3. The Kier molecular flexibility index (Phi) is 4.12. The van der Waals surface area contributed by atoms with Crippen molar-refractivity contribution in [2.24, 2.45) is 0 Å². The van der Waals surface area contributed by atoms with Crippen LogP contribution in [0.3, 0.4) is 0 Å². The van der Waals surface area contributed by atoms with Crippen molar-refractivity contribution in [2.45, 2.75) is 32.6 Å². The van der Waals surface area contributed by atoms with Crippen LogP contribution < -0.4 is 0 Å². The summed E-state index contributed by atoms with van der Waals surface area (Å²) in [6.07, 6.45) is 3.73. The number of carbonyl (C=O) groups excluding carboxylic acids is 1. The summed E-state index contributed by atoms with van der Waals surface area (Å²) < 4.78 is 6.34. The third kappa shape index (κ3) is 2.60. The SMILES string of the molecule is CCCCCC(=O)c1cc2oc3c4ccccc4ccc3c2c2ccccc12. The van der Waals surface area contributed by atoms with Crippen LogP contribution in [0.25, 0.3) is 43.5 Å². The molecular weight excluding hydrogens is 344 g/mol. The van der Waals surface area contributed by atoms with Crippen LogP contribution in [-0.4, -0.2) is 5.78 Å². The number of furan rings is 1. The second-order valence-electron chi connectivity index (χ2n) is 7.49. The first kappa shape index (κ1) is 17.0. The smallest absolute Gasteiger partial charge is 0.163 e. The standard InChI is InChI=1S/C26H22O2/c1-2-3-4-13-23(27)22-16-24-25(20-12-8-7-11-19(20)22)21-15-14-17-9-5-6-10-18(17)26(21)28-24/h5-12,14-16H,2-4,13H2,1H3. The number of rotatable bonds is 5. The number of fused-ring (bicyclic) bond motifs is 7. The molecule has 2 nitrogen and oxygen atoms in total. The van der Waals surface area contributed by atoms with Crippen molar-refractivity contribution < 1.29 is 9.21 Å². The van der Waals surface area contributed by atoms with Crippen molar-refractivity contribution in [1.29, 1.82) is 0 Å². The van der Waals surface area contributed by atoms with E-state index < -0.39 is 0 Å². The number of unbranched alkanes of at least 4 members (excludes halogenated alkanes) is 2. The zero-order valence-corrected chi connectivity index (χ0v) is 16.0. The predicted molar refractivity (Wildman–Crippen MR) is 117 cm³/mol. The van der Waals surface area contributed by atoms with Gasteiger partial charge < -0.3 is 4.42 Å². The van der Waals surface area contributed by atoms with Gasteiger partial charge in [0.05, 0.1) is 0 Å². The van der Waals surface area contributed by atoms with Crippen LogP contribution in [0.15, 0.2) is 71.1 Å². The molecule has 5 rings (SSSR count). The highest BCUT2D eigenvalue weighted by Gasteiger charge is 2.18. The number of hydrogen-bond acceptors (Lipinski definition) is 2. The Morgan fingerprint density at radius 3 is 2.39 bits per heavy atom. The Morgan fingerprint density at radius 2 is 1.57 bits per heavy atom. The van der Waals surface area contributed by atoms with Crippen LogP contribution in [0.1, 0.15) is 43.0 Å². The lowest BCUT2D eigenvalue weighted by Crippen LogP contribution is -2.00. The molecule has 4 aromatic carbocycles. The monoisotopic (exact) mass is 366 g/mol. The first-order chi connectivity index (χ1) is 13.8. The fourth-order valence-corrected chi connectivity index (χ4v) is 4.27. The average Bonchev–Trinajstić information content (AvgIpc) is 3.12. The minimum atomic E-state index is 0.205. The second kappa shape index (κ2) is 6.79. The molecule has 0 saturated carbocycles. The first-order valence-corrected chi connectivity index (χ1v) is 10.1. The third-order valence-electron chi connectivity index (χ3n) is 5.68. The predicted octanol–water partition coefficient (Wildman–Crippen LogP) is 7.66. The number of benzene rings is 4. The van der Waals surface area contributed by atoms with Crippen molar-refractivity contribution in [2.75, 3.05) is 0 Å². The molecular formula is C26H22O2. The van der Waals surface area contributed by atoms with Gasteiger partial charge in [0.25, 0.3) is 0 Å². The largest absolute Gasteiger partial charge is 0.455 e. The Bertz CT molecular complexity index is 1340. The molecule has 0 aliphatic carbocycles. The Hall–Kier alpha value is -3.13. The molecule has 0 bridgehead atoms. The van der Waals surface area contributed by atoms with E-state index >= 15 is 0 Å². The van der Waals surface area contributed by atoms with Crippen LogP contribution in [0.5, 0.6) is 0 Å². The summed E-state index contributed by atoms with van der Waals surface area (Å²) in [6.45, 7) is 2.16. The maximum absolute atomic E-state index is 13.0. The summed E-state index contributed by atoms with van der Waals surface area (Å²) in [5.74, 6) is 0.205. The normalized spacial score (nSPS) is 11.8. The van der Waals surface area contributed by atoms with E-state index in [4.69, 9.17) is 4.42 Å². The third-order valence-corrected chi connectivity index (χ3v) is 5.68. The Balaban J connectivity index is 1.82. The van der Waals surface area contributed by atoms with Gasteiger partial charge in [-0.1, -0.05) is 74.4 Å². The minimum Gasteiger partial charge on any atom is -0.455 e. The van der Waals surface area contributed by atoms with Crippen molar-refractivity contribution in [3.8, 4) is 0 Å². The Labute approximate surface area is 163 Å². The van der Waals surface area contributed by atoms with Gasteiger partial charge in [-0.15, -0.1) is 0 Å². The lowest BCUT2D eigenvalue weighted by molar-refractivity contribution is 0.0981. The molecule has 5 aromatic rings. The van der Waals surface area contributed by atoms with E-state index in [-0.39, 0.29) is 5.78 Å². The molecule has 0 spiro atoms. The summed E-state index contributed by atoms with van der Waals surface area (Å²) in [7, 11) is 0. The van der Waals surface area contributed by atoms with Gasteiger partial charge in [0.2, 0.25) is 0 Å². The molecule has 0 amide bonds. The van der Waals surface area contributed by atoms with Gasteiger partial charge in [0.15, 0.2) is 5.78 Å². The van der Waals surface area contributed by atoms with Crippen molar-refractivity contribution in [3.63, 3.8) is 0 Å². The number of carbonyl (C=O) groups is 1. The molecule has 0 fully saturated rings. The molecule has 1 aromatic heterocycles. The van der Waals surface area contributed by atoms with Crippen LogP contribution in [0, 0.1) is 0 Å². The van der Waals surface area contributed by atoms with E-state index in [1.54, 1.807) is 0 Å². The highest BCUT2D eigenvalue weighted by molar-refractivity contribution is 6.26. The fourth-order valence-electron chi connectivity index (χ4n) is 4.27. The van der Waals surface area contributed by atoms with Crippen molar-refractivity contribution in [1.82, 2.24) is 0 Å². The molecule has 0 unspecified atom stereocenters. The van der Waals surface area contributed by atoms with Gasteiger partial charge in [-0.3, -0.25) is 4.79 Å². The van der Waals surface area contributed by atoms with Crippen molar-refractivity contribution >= 4 is 49.3 Å². The maximum atomic E-state index is 13.0. The molecule has 0 N–H and O–H groups in total. The molecule has 0 atom stereocenters. The second-order valence-corrected chi connectivity index (χ2v) is 7.49. The number of ketones is 1. The lowest BCUT2D eigenvalue weighted by atomic mass is 9.94. The van der Waals surface area contributed by atoms with E-state index in [1.165, 1.54) is 0 Å². The molecule has 138 valence electrons. The van der Waals surface area contributed by atoms with Gasteiger partial charge >= 0.3 is 0 Å². The summed E-state index contributed by atoms with van der Waals surface area (Å²) >= 11 is 0.